The number of rotatable bonds is 3. The number of para-hydroxylation sites is 1. The van der Waals surface area contributed by atoms with Gasteiger partial charge < -0.3 is 9.88 Å². The zero-order valence-corrected chi connectivity index (χ0v) is 16.2. The summed E-state index contributed by atoms with van der Waals surface area (Å²) in [6, 6.07) is 7.11. The van der Waals surface area contributed by atoms with E-state index in [-0.39, 0.29) is 23.1 Å². The minimum Gasteiger partial charge on any atom is -0.341 e. The number of aromatic nitrogens is 2. The molecule has 1 aromatic carbocycles. The van der Waals surface area contributed by atoms with Crippen LogP contribution >= 0.6 is 11.8 Å². The third-order valence-electron chi connectivity index (χ3n) is 5.85. The maximum Gasteiger partial charge on any atom is 0.328 e. The van der Waals surface area contributed by atoms with E-state index in [2.05, 4.69) is 4.98 Å². The molecule has 144 valence electrons. The normalized spacial score (nSPS) is 23.5. The smallest absolute Gasteiger partial charge is 0.328 e. The molecule has 0 spiro atoms. The van der Waals surface area contributed by atoms with Crippen molar-refractivity contribution in [1.29, 1.82) is 0 Å². The molecule has 1 saturated carbocycles. The van der Waals surface area contributed by atoms with Crippen LogP contribution in [0.4, 0.5) is 0 Å². The Morgan fingerprint density at radius 1 is 1.07 bits per heavy atom. The predicted molar refractivity (Wildman–Crippen MR) is 108 cm³/mol. The third kappa shape index (κ3) is 3.83. The molecule has 1 aromatic heterocycles. The number of nitrogens with zero attached hydrogens (tertiary/aromatic N) is 2. The van der Waals surface area contributed by atoms with Gasteiger partial charge in [-0.25, -0.2) is 4.79 Å². The van der Waals surface area contributed by atoms with Gasteiger partial charge in [-0.1, -0.05) is 12.1 Å². The number of fused-ring (bicyclic) bond motifs is 1. The number of carbonyl (C=O) groups is 1. The average Bonchev–Trinajstić information content (AvgIpc) is 2.72. The molecule has 7 heteroatoms. The van der Waals surface area contributed by atoms with Gasteiger partial charge in [-0.15, -0.1) is 0 Å². The molecule has 2 aromatic rings. The Bertz CT molecular complexity index is 937. The lowest BCUT2D eigenvalue weighted by Crippen LogP contribution is -2.43. The number of thioether (sulfide) groups is 1. The van der Waals surface area contributed by atoms with Gasteiger partial charge in [0.25, 0.3) is 5.56 Å². The van der Waals surface area contributed by atoms with E-state index in [4.69, 9.17) is 0 Å². The SMILES string of the molecule is O=C(C1CCC(Cn2c(=O)[nH]c3ccccc3c2=O)CC1)N1CCSCC1. The molecule has 0 bridgehead atoms. The Morgan fingerprint density at radius 2 is 1.78 bits per heavy atom. The highest BCUT2D eigenvalue weighted by Crippen LogP contribution is 2.31. The van der Waals surface area contributed by atoms with Crippen LogP contribution in [-0.2, 0) is 11.3 Å². The van der Waals surface area contributed by atoms with Crippen molar-refractivity contribution < 1.29 is 4.79 Å². The van der Waals surface area contributed by atoms with Crippen molar-refractivity contribution in [3.63, 3.8) is 0 Å². The molecule has 2 heterocycles. The number of hydrogen-bond donors (Lipinski definition) is 1. The van der Waals surface area contributed by atoms with E-state index in [1.807, 2.05) is 22.7 Å². The number of carbonyl (C=O) groups excluding carboxylic acids is 1. The molecule has 27 heavy (non-hydrogen) atoms. The van der Waals surface area contributed by atoms with Gasteiger partial charge in [0.05, 0.1) is 10.9 Å². The van der Waals surface area contributed by atoms with Gasteiger partial charge >= 0.3 is 5.69 Å². The first-order chi connectivity index (χ1) is 13.1. The van der Waals surface area contributed by atoms with Gasteiger partial charge in [0.2, 0.25) is 5.91 Å². The first-order valence-electron chi connectivity index (χ1n) is 9.72. The highest BCUT2D eigenvalue weighted by Gasteiger charge is 2.30. The summed E-state index contributed by atoms with van der Waals surface area (Å²) in [4.78, 5) is 42.5. The Hall–Kier alpha value is -2.02. The Balaban J connectivity index is 1.42. The van der Waals surface area contributed by atoms with Crippen molar-refractivity contribution in [2.24, 2.45) is 11.8 Å². The zero-order chi connectivity index (χ0) is 18.8. The molecule has 0 atom stereocenters. The molecule has 1 amide bonds. The molecule has 1 N–H and O–H groups in total. The van der Waals surface area contributed by atoms with Gasteiger partial charge in [0, 0.05) is 37.1 Å². The summed E-state index contributed by atoms with van der Waals surface area (Å²) >= 11 is 1.91. The zero-order valence-electron chi connectivity index (χ0n) is 15.4. The van der Waals surface area contributed by atoms with Crippen LogP contribution in [0.25, 0.3) is 10.9 Å². The van der Waals surface area contributed by atoms with Crippen LogP contribution in [0.1, 0.15) is 25.7 Å². The first-order valence-corrected chi connectivity index (χ1v) is 10.9. The minimum atomic E-state index is -0.345. The van der Waals surface area contributed by atoms with Gasteiger partial charge in [-0.05, 0) is 43.7 Å². The molecular weight excluding hydrogens is 362 g/mol. The molecule has 0 unspecified atom stereocenters. The van der Waals surface area contributed by atoms with Crippen molar-refractivity contribution in [3.05, 3.63) is 45.1 Å². The molecule has 2 aliphatic rings. The molecular formula is C20H25N3O3S. The predicted octanol–water partition coefficient (Wildman–Crippen LogP) is 2.07. The second kappa shape index (κ2) is 7.92. The maximum atomic E-state index is 12.7. The standard InChI is InChI=1S/C20H25N3O3S/c24-18(22-9-11-27-12-10-22)15-7-5-14(6-8-15)13-23-19(25)16-3-1-2-4-17(16)21-20(23)26/h1-4,14-15H,5-13H2,(H,21,26). The number of hydrogen-bond acceptors (Lipinski definition) is 4. The van der Waals surface area contributed by atoms with Crippen molar-refractivity contribution in [2.75, 3.05) is 24.6 Å². The van der Waals surface area contributed by atoms with Crippen LogP contribution in [0.15, 0.2) is 33.9 Å². The molecule has 0 radical (unpaired) electrons. The maximum absolute atomic E-state index is 12.7. The molecule has 6 nitrogen and oxygen atoms in total. The summed E-state index contributed by atoms with van der Waals surface area (Å²) in [5.41, 5.74) is 0.0128. The summed E-state index contributed by atoms with van der Waals surface area (Å²) in [7, 11) is 0. The Morgan fingerprint density at radius 3 is 2.52 bits per heavy atom. The van der Waals surface area contributed by atoms with E-state index < -0.39 is 0 Å². The average molecular weight is 388 g/mol. The Labute approximate surface area is 161 Å². The second-order valence-electron chi connectivity index (χ2n) is 7.55. The van der Waals surface area contributed by atoms with E-state index in [1.54, 1.807) is 18.2 Å². The highest BCUT2D eigenvalue weighted by molar-refractivity contribution is 7.99. The number of aromatic amines is 1. The summed E-state index contributed by atoms with van der Waals surface area (Å²) in [6.07, 6.45) is 3.48. The highest BCUT2D eigenvalue weighted by atomic mass is 32.2. The van der Waals surface area contributed by atoms with Crippen molar-refractivity contribution in [2.45, 2.75) is 32.2 Å². The van der Waals surface area contributed by atoms with Gasteiger partial charge in [-0.2, -0.15) is 11.8 Å². The van der Waals surface area contributed by atoms with Gasteiger partial charge in [-0.3, -0.25) is 14.2 Å². The largest absolute Gasteiger partial charge is 0.341 e. The summed E-state index contributed by atoms with van der Waals surface area (Å²) in [5, 5.41) is 0.545. The molecule has 1 aliphatic carbocycles. The first kappa shape index (κ1) is 18.3. The van der Waals surface area contributed by atoms with Crippen molar-refractivity contribution >= 4 is 28.6 Å². The van der Waals surface area contributed by atoms with Crippen LogP contribution in [0.5, 0.6) is 0 Å². The topological polar surface area (TPSA) is 75.2 Å². The van der Waals surface area contributed by atoms with E-state index in [0.717, 1.165) is 50.3 Å². The monoisotopic (exact) mass is 387 g/mol. The van der Waals surface area contributed by atoms with Crippen LogP contribution in [0, 0.1) is 11.8 Å². The summed E-state index contributed by atoms with van der Waals surface area (Å²) < 4.78 is 1.33. The van der Waals surface area contributed by atoms with E-state index in [9.17, 15) is 14.4 Å². The van der Waals surface area contributed by atoms with Crippen molar-refractivity contribution in [1.82, 2.24) is 14.5 Å². The fraction of sp³-hybridized carbons (Fsp3) is 0.550. The van der Waals surface area contributed by atoms with Gasteiger partial charge in [0.1, 0.15) is 0 Å². The van der Waals surface area contributed by atoms with E-state index in [1.165, 1.54) is 4.57 Å². The lowest BCUT2D eigenvalue weighted by Gasteiger charge is -2.33. The number of nitrogens with one attached hydrogen (secondary N) is 1. The number of amides is 1. The summed E-state index contributed by atoms with van der Waals surface area (Å²) in [5.74, 6) is 2.75. The molecule has 1 saturated heterocycles. The fourth-order valence-electron chi connectivity index (χ4n) is 4.26. The quantitative estimate of drug-likeness (QED) is 0.875. The third-order valence-corrected chi connectivity index (χ3v) is 6.79. The van der Waals surface area contributed by atoms with Crippen LogP contribution in [-0.4, -0.2) is 45.0 Å². The van der Waals surface area contributed by atoms with E-state index in [0.29, 0.717) is 23.4 Å². The van der Waals surface area contributed by atoms with Crippen LogP contribution < -0.4 is 11.2 Å². The number of H-pyrrole nitrogens is 1. The fourth-order valence-corrected chi connectivity index (χ4v) is 5.16. The lowest BCUT2D eigenvalue weighted by molar-refractivity contribution is -0.136. The second-order valence-corrected chi connectivity index (χ2v) is 8.77. The van der Waals surface area contributed by atoms with Crippen LogP contribution in [0.2, 0.25) is 0 Å². The number of benzene rings is 1. The molecule has 4 rings (SSSR count). The minimum absolute atomic E-state index is 0.107. The van der Waals surface area contributed by atoms with Crippen LogP contribution in [0.3, 0.4) is 0 Å². The molecule has 2 fully saturated rings. The Kier molecular flexibility index (Phi) is 5.38. The summed E-state index contributed by atoms with van der Waals surface area (Å²) in [6.45, 7) is 2.16. The lowest BCUT2D eigenvalue weighted by atomic mass is 9.81. The van der Waals surface area contributed by atoms with Crippen molar-refractivity contribution in [3.8, 4) is 0 Å². The van der Waals surface area contributed by atoms with E-state index >= 15 is 0 Å². The molecule has 1 aliphatic heterocycles. The van der Waals surface area contributed by atoms with Gasteiger partial charge in [0.15, 0.2) is 0 Å².